The summed E-state index contributed by atoms with van der Waals surface area (Å²) in [5, 5.41) is 15.2. The third-order valence-corrected chi connectivity index (χ3v) is 8.20. The fourth-order valence-electron chi connectivity index (χ4n) is 6.44. The Bertz CT molecular complexity index is 1390. The van der Waals surface area contributed by atoms with E-state index < -0.39 is 5.41 Å². The minimum absolute atomic E-state index is 0.0348. The van der Waals surface area contributed by atoms with E-state index in [0.717, 1.165) is 35.6 Å². The summed E-state index contributed by atoms with van der Waals surface area (Å²) in [4.78, 5) is 11.0. The van der Waals surface area contributed by atoms with E-state index in [4.69, 9.17) is 9.47 Å². The van der Waals surface area contributed by atoms with Crippen LogP contribution in [0, 0.1) is 15.5 Å². The van der Waals surface area contributed by atoms with Gasteiger partial charge in [0.2, 0.25) is 0 Å². The van der Waals surface area contributed by atoms with Crippen molar-refractivity contribution in [3.63, 3.8) is 0 Å². The van der Waals surface area contributed by atoms with Crippen LogP contribution in [0.15, 0.2) is 97.1 Å². The zero-order chi connectivity index (χ0) is 25.6. The van der Waals surface area contributed by atoms with Crippen LogP contribution in [0.5, 0.6) is 11.5 Å². The number of nitrogens with one attached hydrogen (secondary N) is 1. The highest BCUT2D eigenvalue weighted by Gasteiger charge is 2.68. The molecule has 37 heavy (non-hydrogen) atoms. The first-order valence-corrected chi connectivity index (χ1v) is 12.4. The molecule has 1 heterocycles. The Balaban J connectivity index is 1.64. The molecule has 1 aliphatic carbocycles. The SMILES string of the molecule is COc1ccc(C2(c3ccc(OC)cc3)c3ccccc3NC(c3ccc([N+](=O)[O-])cc3)C23CC3)cc1. The first-order valence-electron chi connectivity index (χ1n) is 12.4. The third kappa shape index (κ3) is 3.39. The molecule has 6 heteroatoms. The van der Waals surface area contributed by atoms with E-state index in [1.165, 1.54) is 16.7 Å². The largest absolute Gasteiger partial charge is 0.497 e. The standard InChI is InChI=1S/C31H28N2O4/c1-36-25-15-9-22(10-16-25)31(23-11-17-26(37-2)18-12-23)27-5-3-4-6-28(27)32-29(30(31)19-20-30)21-7-13-24(14-8-21)33(34)35/h3-18,29,32H,19-20H2,1-2H3. The number of nitro groups is 1. The molecule has 1 unspecified atom stereocenters. The average Bonchev–Trinajstić information content (AvgIpc) is 3.74. The Morgan fingerprint density at radius 1 is 0.784 bits per heavy atom. The van der Waals surface area contributed by atoms with Gasteiger partial charge in [-0.25, -0.2) is 0 Å². The average molecular weight is 493 g/mol. The summed E-state index contributed by atoms with van der Waals surface area (Å²) in [6.07, 6.45) is 2.02. The maximum atomic E-state index is 11.3. The summed E-state index contributed by atoms with van der Waals surface area (Å²) in [6.45, 7) is 0. The molecular formula is C31H28N2O4. The fourth-order valence-corrected chi connectivity index (χ4v) is 6.44. The molecule has 1 aliphatic heterocycles. The number of para-hydroxylation sites is 1. The van der Waals surface area contributed by atoms with Crippen molar-refractivity contribution >= 4 is 11.4 Å². The second kappa shape index (κ2) is 8.66. The molecule has 0 radical (unpaired) electrons. The normalized spacial score (nSPS) is 18.4. The molecule has 186 valence electrons. The van der Waals surface area contributed by atoms with Gasteiger partial charge in [0.15, 0.2) is 0 Å². The smallest absolute Gasteiger partial charge is 0.269 e. The molecule has 1 fully saturated rings. The van der Waals surface area contributed by atoms with Gasteiger partial charge in [0, 0.05) is 23.2 Å². The lowest BCUT2D eigenvalue weighted by Gasteiger charge is -2.52. The summed E-state index contributed by atoms with van der Waals surface area (Å²) in [5.74, 6) is 1.63. The lowest BCUT2D eigenvalue weighted by atomic mass is 9.54. The number of nitrogens with zero attached hydrogens (tertiary/aromatic N) is 1. The number of benzene rings is 4. The predicted octanol–water partition coefficient (Wildman–Crippen LogP) is 6.89. The number of hydrogen-bond acceptors (Lipinski definition) is 5. The first kappa shape index (κ1) is 23.1. The molecular weight excluding hydrogens is 464 g/mol. The molecule has 1 spiro atoms. The van der Waals surface area contributed by atoms with E-state index in [1.807, 2.05) is 36.4 Å². The number of ether oxygens (including phenoxy) is 2. The van der Waals surface area contributed by atoms with Gasteiger partial charge in [-0.1, -0.05) is 54.6 Å². The van der Waals surface area contributed by atoms with E-state index in [0.29, 0.717) is 0 Å². The lowest BCUT2D eigenvalue weighted by Crippen LogP contribution is -2.48. The van der Waals surface area contributed by atoms with E-state index >= 15 is 0 Å². The van der Waals surface area contributed by atoms with Gasteiger partial charge in [0.25, 0.3) is 5.69 Å². The van der Waals surface area contributed by atoms with Crippen LogP contribution in [0.1, 0.15) is 41.1 Å². The molecule has 2 aliphatic rings. The van der Waals surface area contributed by atoms with Crippen LogP contribution in [-0.2, 0) is 5.41 Å². The van der Waals surface area contributed by atoms with Gasteiger partial charge < -0.3 is 14.8 Å². The summed E-state index contributed by atoms with van der Waals surface area (Å²) in [5.41, 5.74) is 5.18. The molecule has 4 aromatic rings. The highest BCUT2D eigenvalue weighted by molar-refractivity contribution is 5.70. The minimum atomic E-state index is -0.459. The van der Waals surface area contributed by atoms with Crippen molar-refractivity contribution < 1.29 is 14.4 Å². The summed E-state index contributed by atoms with van der Waals surface area (Å²) >= 11 is 0. The predicted molar refractivity (Wildman–Crippen MR) is 143 cm³/mol. The molecule has 4 aromatic carbocycles. The number of non-ortho nitro benzene ring substituents is 1. The lowest BCUT2D eigenvalue weighted by molar-refractivity contribution is -0.384. The zero-order valence-corrected chi connectivity index (χ0v) is 20.8. The van der Waals surface area contributed by atoms with Crippen LogP contribution in [0.25, 0.3) is 0 Å². The number of anilines is 1. The molecule has 0 bridgehead atoms. The molecule has 6 nitrogen and oxygen atoms in total. The molecule has 6 rings (SSSR count). The Morgan fingerprint density at radius 2 is 1.32 bits per heavy atom. The number of fused-ring (bicyclic) bond motifs is 1. The van der Waals surface area contributed by atoms with Crippen molar-refractivity contribution in [2.24, 2.45) is 5.41 Å². The van der Waals surface area contributed by atoms with Gasteiger partial charge in [0.05, 0.1) is 30.6 Å². The molecule has 1 saturated carbocycles. The molecule has 0 amide bonds. The number of nitro benzene ring substituents is 1. The number of methoxy groups -OCH3 is 2. The summed E-state index contributed by atoms with van der Waals surface area (Å²) in [7, 11) is 3.36. The first-order chi connectivity index (χ1) is 18.0. The van der Waals surface area contributed by atoms with Crippen LogP contribution in [-0.4, -0.2) is 19.1 Å². The van der Waals surface area contributed by atoms with Crippen molar-refractivity contribution in [2.75, 3.05) is 19.5 Å². The Labute approximate surface area is 216 Å². The second-order valence-corrected chi connectivity index (χ2v) is 9.83. The van der Waals surface area contributed by atoms with Crippen LogP contribution in [0.4, 0.5) is 11.4 Å². The highest BCUT2D eigenvalue weighted by Crippen LogP contribution is 2.73. The van der Waals surface area contributed by atoms with Crippen LogP contribution >= 0.6 is 0 Å². The summed E-state index contributed by atoms with van der Waals surface area (Å²) in [6, 6.07) is 32.3. The van der Waals surface area contributed by atoms with E-state index in [-0.39, 0.29) is 22.1 Å². The van der Waals surface area contributed by atoms with Gasteiger partial charge >= 0.3 is 0 Å². The van der Waals surface area contributed by atoms with Gasteiger partial charge in [-0.05, 0) is 65.4 Å². The topological polar surface area (TPSA) is 73.6 Å². The highest BCUT2D eigenvalue weighted by atomic mass is 16.6. The molecule has 0 saturated heterocycles. The van der Waals surface area contributed by atoms with Crippen molar-refractivity contribution in [1.29, 1.82) is 0 Å². The Hall–Kier alpha value is -4.32. The maximum absolute atomic E-state index is 11.3. The van der Waals surface area contributed by atoms with Crippen LogP contribution in [0.3, 0.4) is 0 Å². The number of hydrogen-bond donors (Lipinski definition) is 1. The molecule has 1 N–H and O–H groups in total. The molecule has 0 aromatic heterocycles. The zero-order valence-electron chi connectivity index (χ0n) is 20.8. The second-order valence-electron chi connectivity index (χ2n) is 9.83. The Kier molecular flexibility index (Phi) is 5.41. The van der Waals surface area contributed by atoms with Crippen LogP contribution < -0.4 is 14.8 Å². The minimum Gasteiger partial charge on any atom is -0.497 e. The van der Waals surface area contributed by atoms with Crippen LogP contribution in [0.2, 0.25) is 0 Å². The van der Waals surface area contributed by atoms with Gasteiger partial charge in [0.1, 0.15) is 11.5 Å². The van der Waals surface area contributed by atoms with E-state index in [2.05, 4.69) is 53.8 Å². The van der Waals surface area contributed by atoms with Crippen molar-refractivity contribution in [1.82, 2.24) is 0 Å². The molecule has 1 atom stereocenters. The quantitative estimate of drug-likeness (QED) is 0.234. The monoisotopic (exact) mass is 492 g/mol. The van der Waals surface area contributed by atoms with Gasteiger partial charge in [-0.15, -0.1) is 0 Å². The van der Waals surface area contributed by atoms with Gasteiger partial charge in [-0.3, -0.25) is 10.1 Å². The van der Waals surface area contributed by atoms with E-state index in [1.54, 1.807) is 26.4 Å². The Morgan fingerprint density at radius 3 is 1.81 bits per heavy atom. The van der Waals surface area contributed by atoms with Crippen molar-refractivity contribution in [3.05, 3.63) is 129 Å². The fraction of sp³-hybridized carbons (Fsp3) is 0.226. The third-order valence-electron chi connectivity index (χ3n) is 8.20. The van der Waals surface area contributed by atoms with Crippen molar-refractivity contribution in [3.8, 4) is 11.5 Å². The summed E-state index contributed by atoms with van der Waals surface area (Å²) < 4.78 is 11.0. The van der Waals surface area contributed by atoms with Gasteiger partial charge in [-0.2, -0.15) is 0 Å². The maximum Gasteiger partial charge on any atom is 0.269 e. The van der Waals surface area contributed by atoms with Crippen molar-refractivity contribution in [2.45, 2.75) is 24.3 Å². The van der Waals surface area contributed by atoms with E-state index in [9.17, 15) is 10.1 Å². The number of rotatable bonds is 6.